The zero-order valence-corrected chi connectivity index (χ0v) is 11.3. The second-order valence-corrected chi connectivity index (χ2v) is 4.67. The van der Waals surface area contributed by atoms with Gasteiger partial charge < -0.3 is 10.4 Å². The quantitative estimate of drug-likeness (QED) is 0.908. The molecular formula is C16H14FNO3. The number of rotatable bonds is 4. The first-order chi connectivity index (χ1) is 9.97. The van der Waals surface area contributed by atoms with E-state index >= 15 is 0 Å². The Kier molecular flexibility index (Phi) is 4.33. The Morgan fingerprint density at radius 3 is 2.38 bits per heavy atom. The molecule has 0 unspecified atom stereocenters. The van der Waals surface area contributed by atoms with Gasteiger partial charge in [-0.05, 0) is 36.2 Å². The highest BCUT2D eigenvalue weighted by Crippen LogP contribution is 2.15. The smallest absolute Gasteiger partial charge is 0.330 e. The van der Waals surface area contributed by atoms with Gasteiger partial charge in [0.05, 0.1) is 0 Å². The molecule has 2 aromatic carbocycles. The lowest BCUT2D eigenvalue weighted by Crippen LogP contribution is -2.33. The summed E-state index contributed by atoms with van der Waals surface area (Å²) in [6.45, 7) is 1.66. The second-order valence-electron chi connectivity index (χ2n) is 4.67. The van der Waals surface area contributed by atoms with E-state index in [4.69, 9.17) is 0 Å². The van der Waals surface area contributed by atoms with Crippen LogP contribution in [0.3, 0.4) is 0 Å². The molecule has 2 N–H and O–H groups in total. The normalized spacial score (nSPS) is 11.7. The molecule has 0 saturated heterocycles. The van der Waals surface area contributed by atoms with E-state index in [1.807, 2.05) is 0 Å². The third-order valence-electron chi connectivity index (χ3n) is 2.96. The summed E-state index contributed by atoms with van der Waals surface area (Å²) in [5.41, 5.74) is 1.13. The van der Waals surface area contributed by atoms with E-state index in [1.54, 1.807) is 37.3 Å². The molecule has 108 valence electrons. The molecule has 0 bridgehead atoms. The van der Waals surface area contributed by atoms with Gasteiger partial charge in [0.1, 0.15) is 5.82 Å². The van der Waals surface area contributed by atoms with Gasteiger partial charge >= 0.3 is 5.97 Å². The number of aliphatic carboxylic acids is 1. The van der Waals surface area contributed by atoms with E-state index in [2.05, 4.69) is 5.32 Å². The Hall–Kier alpha value is -2.69. The number of hydrogen-bond donors (Lipinski definition) is 2. The average Bonchev–Trinajstić information content (AvgIpc) is 2.44. The van der Waals surface area contributed by atoms with Gasteiger partial charge in [-0.2, -0.15) is 0 Å². The summed E-state index contributed by atoms with van der Waals surface area (Å²) in [5, 5.41) is 11.6. The first-order valence-electron chi connectivity index (χ1n) is 6.33. The lowest BCUT2D eigenvalue weighted by atomic mass is 10.1. The summed E-state index contributed by atoms with van der Waals surface area (Å²) < 4.78 is 13.3. The third-order valence-corrected chi connectivity index (χ3v) is 2.96. The SMILES string of the molecule is Cc1cc(F)cc(C(=O)N[C@H](C(=O)O)c2ccccc2)c1. The largest absolute Gasteiger partial charge is 0.479 e. The predicted molar refractivity (Wildman–Crippen MR) is 75.4 cm³/mol. The van der Waals surface area contributed by atoms with Crippen LogP contribution in [0.25, 0.3) is 0 Å². The number of carboxylic acid groups (broad SMARTS) is 1. The Morgan fingerprint density at radius 1 is 1.14 bits per heavy atom. The highest BCUT2D eigenvalue weighted by molar-refractivity contribution is 5.97. The molecule has 21 heavy (non-hydrogen) atoms. The minimum absolute atomic E-state index is 0.0923. The van der Waals surface area contributed by atoms with Gasteiger partial charge in [0.25, 0.3) is 5.91 Å². The van der Waals surface area contributed by atoms with E-state index in [9.17, 15) is 19.1 Å². The Balaban J connectivity index is 2.25. The molecule has 2 rings (SSSR count). The summed E-state index contributed by atoms with van der Waals surface area (Å²) in [7, 11) is 0. The van der Waals surface area contributed by atoms with E-state index in [1.165, 1.54) is 12.1 Å². The van der Waals surface area contributed by atoms with E-state index < -0.39 is 23.7 Å². The molecule has 0 spiro atoms. The maximum Gasteiger partial charge on any atom is 0.330 e. The highest BCUT2D eigenvalue weighted by atomic mass is 19.1. The van der Waals surface area contributed by atoms with Crippen molar-refractivity contribution in [3.8, 4) is 0 Å². The fourth-order valence-electron chi connectivity index (χ4n) is 2.01. The number of carbonyl (C=O) groups is 2. The Morgan fingerprint density at radius 2 is 1.81 bits per heavy atom. The summed E-state index contributed by atoms with van der Waals surface area (Å²) >= 11 is 0. The van der Waals surface area contributed by atoms with Crippen molar-refractivity contribution in [3.63, 3.8) is 0 Å². The first kappa shape index (κ1) is 14.7. The minimum Gasteiger partial charge on any atom is -0.479 e. The van der Waals surface area contributed by atoms with Gasteiger partial charge in [-0.25, -0.2) is 9.18 Å². The van der Waals surface area contributed by atoms with Crippen LogP contribution in [0, 0.1) is 12.7 Å². The fourth-order valence-corrected chi connectivity index (χ4v) is 2.01. The zero-order valence-electron chi connectivity index (χ0n) is 11.3. The molecule has 5 heteroatoms. The summed E-state index contributed by atoms with van der Waals surface area (Å²) in [6.07, 6.45) is 0. The number of halogens is 1. The molecule has 0 aromatic heterocycles. The lowest BCUT2D eigenvalue weighted by Gasteiger charge is -2.15. The van der Waals surface area contributed by atoms with Crippen LogP contribution in [-0.4, -0.2) is 17.0 Å². The summed E-state index contributed by atoms with van der Waals surface area (Å²) in [6, 6.07) is 11.0. The van der Waals surface area contributed by atoms with E-state index in [0.717, 1.165) is 6.07 Å². The van der Waals surface area contributed by atoms with Crippen LogP contribution in [0.4, 0.5) is 4.39 Å². The van der Waals surface area contributed by atoms with Gasteiger partial charge in [-0.15, -0.1) is 0 Å². The maximum absolute atomic E-state index is 13.3. The molecule has 0 aliphatic heterocycles. The van der Waals surface area contributed by atoms with Gasteiger partial charge in [0, 0.05) is 5.56 Å². The Labute approximate surface area is 121 Å². The van der Waals surface area contributed by atoms with Crippen molar-refractivity contribution in [2.75, 3.05) is 0 Å². The van der Waals surface area contributed by atoms with Crippen molar-refractivity contribution in [1.82, 2.24) is 5.32 Å². The second kappa shape index (κ2) is 6.17. The van der Waals surface area contributed by atoms with Crippen molar-refractivity contribution in [2.45, 2.75) is 13.0 Å². The van der Waals surface area contributed by atoms with Crippen molar-refractivity contribution >= 4 is 11.9 Å². The standard InChI is InChI=1S/C16H14FNO3/c1-10-7-12(9-13(17)8-10)15(19)18-14(16(20)21)11-5-3-2-4-6-11/h2-9,14H,1H3,(H,18,19)(H,20,21)/t14-/m0/s1. The van der Waals surface area contributed by atoms with Gasteiger partial charge in [-0.3, -0.25) is 4.79 Å². The predicted octanol–water partition coefficient (Wildman–Crippen LogP) is 2.69. The third kappa shape index (κ3) is 3.66. The van der Waals surface area contributed by atoms with Crippen LogP contribution >= 0.6 is 0 Å². The van der Waals surface area contributed by atoms with Crippen molar-refractivity contribution in [3.05, 3.63) is 71.0 Å². The topological polar surface area (TPSA) is 66.4 Å². The fraction of sp³-hybridized carbons (Fsp3) is 0.125. The average molecular weight is 287 g/mol. The number of hydrogen-bond acceptors (Lipinski definition) is 2. The molecule has 0 aliphatic rings. The molecule has 2 aromatic rings. The molecule has 0 saturated carbocycles. The van der Waals surface area contributed by atoms with Gasteiger partial charge in [0.15, 0.2) is 6.04 Å². The summed E-state index contributed by atoms with van der Waals surface area (Å²) in [5.74, 6) is -2.34. The van der Waals surface area contributed by atoms with Crippen molar-refractivity contribution < 1.29 is 19.1 Å². The van der Waals surface area contributed by atoms with Crippen LogP contribution < -0.4 is 5.32 Å². The van der Waals surface area contributed by atoms with Crippen molar-refractivity contribution in [1.29, 1.82) is 0 Å². The number of carbonyl (C=O) groups excluding carboxylic acids is 1. The van der Waals surface area contributed by atoms with Crippen LogP contribution in [0.2, 0.25) is 0 Å². The van der Waals surface area contributed by atoms with Crippen LogP contribution in [0.5, 0.6) is 0 Å². The molecule has 0 aliphatic carbocycles. The van der Waals surface area contributed by atoms with Crippen LogP contribution in [0.1, 0.15) is 27.5 Å². The Bertz CT molecular complexity index is 650. The summed E-state index contributed by atoms with van der Waals surface area (Å²) in [4.78, 5) is 23.4. The number of nitrogens with one attached hydrogen (secondary N) is 1. The van der Waals surface area contributed by atoms with Crippen LogP contribution in [0.15, 0.2) is 48.5 Å². The van der Waals surface area contributed by atoms with Gasteiger partial charge in [-0.1, -0.05) is 30.3 Å². The minimum atomic E-state index is -1.18. The first-order valence-corrected chi connectivity index (χ1v) is 6.33. The zero-order chi connectivity index (χ0) is 15.4. The number of benzene rings is 2. The molecule has 0 radical (unpaired) electrons. The van der Waals surface area contributed by atoms with Gasteiger partial charge in [0.2, 0.25) is 0 Å². The highest BCUT2D eigenvalue weighted by Gasteiger charge is 2.22. The molecule has 0 heterocycles. The monoisotopic (exact) mass is 287 g/mol. The number of carboxylic acids is 1. The van der Waals surface area contributed by atoms with Crippen LogP contribution in [-0.2, 0) is 4.79 Å². The van der Waals surface area contributed by atoms with Crippen molar-refractivity contribution in [2.24, 2.45) is 0 Å². The molecule has 1 amide bonds. The molecule has 0 fully saturated rings. The van der Waals surface area contributed by atoms with E-state index in [-0.39, 0.29) is 5.56 Å². The number of aryl methyl sites for hydroxylation is 1. The molecular weight excluding hydrogens is 273 g/mol. The number of amides is 1. The van der Waals surface area contributed by atoms with E-state index in [0.29, 0.717) is 11.1 Å². The molecule has 4 nitrogen and oxygen atoms in total. The molecule has 1 atom stereocenters. The maximum atomic E-state index is 13.3. The lowest BCUT2D eigenvalue weighted by molar-refractivity contribution is -0.139.